The third kappa shape index (κ3) is 3.76. The molecule has 2 atom stereocenters. The van der Waals surface area contributed by atoms with Crippen molar-refractivity contribution in [1.29, 1.82) is 0 Å². The van der Waals surface area contributed by atoms with Gasteiger partial charge in [-0.05, 0) is 11.8 Å². The van der Waals surface area contributed by atoms with Crippen molar-refractivity contribution in [2.45, 2.75) is 46.5 Å². The first-order valence-corrected chi connectivity index (χ1v) is 4.90. The third-order valence-electron chi connectivity index (χ3n) is 2.61. The molecule has 0 saturated carbocycles. The van der Waals surface area contributed by atoms with Gasteiger partial charge in [0, 0.05) is 6.61 Å². The topological polar surface area (TPSA) is 20.2 Å². The molecular formula is C10H22O. The van der Waals surface area contributed by atoms with E-state index in [1.165, 1.54) is 19.3 Å². The highest BCUT2D eigenvalue weighted by atomic mass is 16.3. The first-order valence-electron chi connectivity index (χ1n) is 4.90. The minimum absolute atomic E-state index is 0.370. The van der Waals surface area contributed by atoms with Crippen LogP contribution in [-0.2, 0) is 0 Å². The van der Waals surface area contributed by atoms with E-state index in [4.69, 9.17) is 5.11 Å². The summed E-state index contributed by atoms with van der Waals surface area (Å²) >= 11 is 0. The summed E-state index contributed by atoms with van der Waals surface area (Å²) in [6, 6.07) is 0. The molecule has 0 heterocycles. The Balaban J connectivity index is 3.76. The minimum Gasteiger partial charge on any atom is -0.396 e. The van der Waals surface area contributed by atoms with Crippen molar-refractivity contribution in [2.24, 2.45) is 11.8 Å². The lowest BCUT2D eigenvalue weighted by atomic mass is 9.85. The van der Waals surface area contributed by atoms with Crippen LogP contribution in [0.25, 0.3) is 0 Å². The molecule has 0 bridgehead atoms. The summed E-state index contributed by atoms with van der Waals surface area (Å²) in [6.07, 6.45) is 4.85. The maximum atomic E-state index is 9.05. The lowest BCUT2D eigenvalue weighted by molar-refractivity contribution is 0.161. The average molecular weight is 158 g/mol. The maximum absolute atomic E-state index is 9.05. The molecule has 0 saturated heterocycles. The van der Waals surface area contributed by atoms with Gasteiger partial charge < -0.3 is 5.11 Å². The summed E-state index contributed by atoms with van der Waals surface area (Å²) in [7, 11) is 0. The fourth-order valence-electron chi connectivity index (χ4n) is 1.76. The van der Waals surface area contributed by atoms with E-state index >= 15 is 0 Å². The van der Waals surface area contributed by atoms with Gasteiger partial charge in [-0.3, -0.25) is 0 Å². The molecule has 0 spiro atoms. The molecule has 0 radical (unpaired) electrons. The van der Waals surface area contributed by atoms with Gasteiger partial charge in [-0.2, -0.15) is 0 Å². The quantitative estimate of drug-likeness (QED) is 0.630. The molecule has 0 aromatic carbocycles. The van der Waals surface area contributed by atoms with Gasteiger partial charge in [-0.15, -0.1) is 0 Å². The summed E-state index contributed by atoms with van der Waals surface area (Å²) in [6.45, 7) is 6.97. The molecule has 0 aliphatic rings. The molecule has 0 amide bonds. The van der Waals surface area contributed by atoms with Crippen molar-refractivity contribution >= 4 is 0 Å². The summed E-state index contributed by atoms with van der Waals surface area (Å²) in [4.78, 5) is 0. The van der Waals surface area contributed by atoms with Crippen molar-refractivity contribution < 1.29 is 5.11 Å². The summed E-state index contributed by atoms with van der Waals surface area (Å²) in [5.74, 6) is 1.29. The first-order chi connectivity index (χ1) is 5.29. The highest BCUT2D eigenvalue weighted by Crippen LogP contribution is 2.23. The molecule has 1 N–H and O–H groups in total. The van der Waals surface area contributed by atoms with Crippen LogP contribution in [0.3, 0.4) is 0 Å². The zero-order valence-corrected chi connectivity index (χ0v) is 8.14. The monoisotopic (exact) mass is 158 g/mol. The van der Waals surface area contributed by atoms with E-state index in [2.05, 4.69) is 20.8 Å². The molecule has 68 valence electrons. The first kappa shape index (κ1) is 11.0. The molecule has 0 aromatic heterocycles. The Labute approximate surface area is 70.8 Å². The number of aliphatic hydroxyl groups excluding tert-OH is 1. The molecule has 0 aromatic rings. The fourth-order valence-corrected chi connectivity index (χ4v) is 1.76. The lowest BCUT2D eigenvalue weighted by Crippen LogP contribution is -2.16. The largest absolute Gasteiger partial charge is 0.396 e. The van der Waals surface area contributed by atoms with E-state index < -0.39 is 0 Å². The van der Waals surface area contributed by atoms with Crippen LogP contribution in [0.15, 0.2) is 0 Å². The van der Waals surface area contributed by atoms with Gasteiger partial charge in [0.05, 0.1) is 0 Å². The SMILES string of the molecule is CCCC(CC)C(CC)CO. The van der Waals surface area contributed by atoms with Crippen LogP contribution in [0.1, 0.15) is 46.5 Å². The molecular weight excluding hydrogens is 136 g/mol. The van der Waals surface area contributed by atoms with Crippen LogP contribution in [-0.4, -0.2) is 11.7 Å². The van der Waals surface area contributed by atoms with E-state index in [9.17, 15) is 0 Å². The minimum atomic E-state index is 0.370. The highest BCUT2D eigenvalue weighted by molar-refractivity contribution is 4.66. The van der Waals surface area contributed by atoms with Crippen LogP contribution >= 0.6 is 0 Å². The second-order valence-corrected chi connectivity index (χ2v) is 3.31. The normalized spacial score (nSPS) is 16.4. The lowest BCUT2D eigenvalue weighted by Gasteiger charge is -2.22. The molecule has 0 aliphatic carbocycles. The molecule has 1 nitrogen and oxygen atoms in total. The van der Waals surface area contributed by atoms with E-state index in [1.54, 1.807) is 0 Å². The highest BCUT2D eigenvalue weighted by Gasteiger charge is 2.15. The van der Waals surface area contributed by atoms with Crippen molar-refractivity contribution in [3.05, 3.63) is 0 Å². The maximum Gasteiger partial charge on any atom is 0.0461 e. The number of hydrogen-bond acceptors (Lipinski definition) is 1. The van der Waals surface area contributed by atoms with Crippen molar-refractivity contribution in [2.75, 3.05) is 6.61 Å². The van der Waals surface area contributed by atoms with Gasteiger partial charge in [0.25, 0.3) is 0 Å². The predicted octanol–water partition coefficient (Wildman–Crippen LogP) is 2.83. The van der Waals surface area contributed by atoms with Gasteiger partial charge in [-0.1, -0.05) is 46.5 Å². The molecule has 0 aliphatic heterocycles. The third-order valence-corrected chi connectivity index (χ3v) is 2.61. The second-order valence-electron chi connectivity index (χ2n) is 3.31. The van der Waals surface area contributed by atoms with E-state index in [1.807, 2.05) is 0 Å². The van der Waals surface area contributed by atoms with Gasteiger partial charge in [-0.25, -0.2) is 0 Å². The van der Waals surface area contributed by atoms with Crippen LogP contribution < -0.4 is 0 Å². The van der Waals surface area contributed by atoms with Crippen LogP contribution in [0.5, 0.6) is 0 Å². The van der Waals surface area contributed by atoms with E-state index in [-0.39, 0.29) is 0 Å². The smallest absolute Gasteiger partial charge is 0.0461 e. The molecule has 2 unspecified atom stereocenters. The summed E-state index contributed by atoms with van der Waals surface area (Å²) in [5, 5.41) is 9.05. The Morgan fingerprint density at radius 3 is 1.82 bits per heavy atom. The molecule has 11 heavy (non-hydrogen) atoms. The number of rotatable bonds is 6. The van der Waals surface area contributed by atoms with Crippen molar-refractivity contribution in [1.82, 2.24) is 0 Å². The standard InChI is InChI=1S/C10H22O/c1-4-7-9(5-2)10(6-3)8-11/h9-11H,4-8H2,1-3H3. The van der Waals surface area contributed by atoms with E-state index in [0.717, 1.165) is 12.3 Å². The average Bonchev–Trinajstić information content (AvgIpc) is 2.05. The number of hydrogen-bond donors (Lipinski definition) is 1. The van der Waals surface area contributed by atoms with Gasteiger partial charge in [0.2, 0.25) is 0 Å². The Hall–Kier alpha value is -0.0400. The summed E-state index contributed by atoms with van der Waals surface area (Å²) < 4.78 is 0. The zero-order valence-electron chi connectivity index (χ0n) is 8.14. The molecule has 0 fully saturated rings. The zero-order chi connectivity index (χ0) is 8.69. The molecule has 1 heteroatoms. The van der Waals surface area contributed by atoms with Crippen LogP contribution in [0, 0.1) is 11.8 Å². The van der Waals surface area contributed by atoms with Crippen LogP contribution in [0.2, 0.25) is 0 Å². The Morgan fingerprint density at radius 2 is 1.55 bits per heavy atom. The fraction of sp³-hybridized carbons (Fsp3) is 1.00. The second kappa shape index (κ2) is 6.66. The van der Waals surface area contributed by atoms with Gasteiger partial charge >= 0.3 is 0 Å². The summed E-state index contributed by atoms with van der Waals surface area (Å²) in [5.41, 5.74) is 0. The van der Waals surface area contributed by atoms with Gasteiger partial charge in [0.15, 0.2) is 0 Å². The van der Waals surface area contributed by atoms with Crippen LogP contribution in [0.4, 0.5) is 0 Å². The number of aliphatic hydroxyl groups is 1. The predicted molar refractivity (Wildman–Crippen MR) is 49.6 cm³/mol. The Bertz CT molecular complexity index is 76.9. The Morgan fingerprint density at radius 1 is 1.00 bits per heavy atom. The Kier molecular flexibility index (Phi) is 6.63. The molecule has 0 rings (SSSR count). The van der Waals surface area contributed by atoms with Gasteiger partial charge in [0.1, 0.15) is 0 Å². The van der Waals surface area contributed by atoms with Crippen molar-refractivity contribution in [3.8, 4) is 0 Å². The van der Waals surface area contributed by atoms with Crippen molar-refractivity contribution in [3.63, 3.8) is 0 Å². The van der Waals surface area contributed by atoms with E-state index in [0.29, 0.717) is 12.5 Å².